The van der Waals surface area contributed by atoms with Gasteiger partial charge in [-0.25, -0.2) is 0 Å². The molecule has 0 amide bonds. The van der Waals surface area contributed by atoms with Gasteiger partial charge in [0, 0.05) is 11.3 Å². The van der Waals surface area contributed by atoms with Crippen molar-refractivity contribution in [2.24, 2.45) is 0 Å². The maximum absolute atomic E-state index is 6.57. The Labute approximate surface area is 193 Å². The van der Waals surface area contributed by atoms with Crippen LogP contribution in [-0.4, -0.2) is 0 Å². The van der Waals surface area contributed by atoms with Crippen LogP contribution in [0.25, 0.3) is 28.0 Å². The third-order valence-corrected chi connectivity index (χ3v) is 6.64. The predicted molar refractivity (Wildman–Crippen MR) is 137 cm³/mol. The van der Waals surface area contributed by atoms with Gasteiger partial charge in [0.05, 0.1) is 11.4 Å². The maximum atomic E-state index is 6.57. The van der Waals surface area contributed by atoms with Gasteiger partial charge in [0.25, 0.3) is 0 Å². The minimum absolute atomic E-state index is 0.875. The zero-order chi connectivity index (χ0) is 21.8. The van der Waals surface area contributed by atoms with Gasteiger partial charge in [0.15, 0.2) is 11.5 Å². The fourth-order valence-corrected chi connectivity index (χ4v) is 5.14. The normalized spacial score (nSPS) is 13.4. The third kappa shape index (κ3) is 2.81. The van der Waals surface area contributed by atoms with Crippen molar-refractivity contribution in [2.75, 3.05) is 4.90 Å². The molecule has 0 aromatic heterocycles. The minimum atomic E-state index is 0.875. The fourth-order valence-electron chi connectivity index (χ4n) is 5.14. The number of anilines is 3. The Kier molecular flexibility index (Phi) is 3.94. The van der Waals surface area contributed by atoms with Crippen LogP contribution >= 0.6 is 0 Å². The monoisotopic (exact) mass is 423 g/mol. The molecule has 5 aromatic rings. The second-order valence-electron chi connectivity index (χ2n) is 8.57. The summed E-state index contributed by atoms with van der Waals surface area (Å²) in [6, 6.07) is 36.5. The Morgan fingerprint density at radius 3 is 2.33 bits per heavy atom. The molecule has 2 nitrogen and oxygen atoms in total. The first-order chi connectivity index (χ1) is 16.4. The van der Waals surface area contributed by atoms with Gasteiger partial charge < -0.3 is 9.64 Å². The average molecular weight is 424 g/mol. The van der Waals surface area contributed by atoms with Gasteiger partial charge in [-0.05, 0) is 64.2 Å². The molecule has 2 aliphatic rings. The van der Waals surface area contributed by atoms with Crippen LogP contribution in [0.3, 0.4) is 0 Å². The second-order valence-corrected chi connectivity index (χ2v) is 8.57. The van der Waals surface area contributed by atoms with E-state index in [9.17, 15) is 0 Å². The smallest absolute Gasteiger partial charge is 0.155 e. The summed E-state index contributed by atoms with van der Waals surface area (Å²) in [6.45, 7) is 0. The second kappa shape index (κ2) is 7.11. The Balaban J connectivity index is 1.45. The van der Waals surface area contributed by atoms with Crippen LogP contribution in [0.4, 0.5) is 17.1 Å². The number of nitrogens with zero attached hydrogens (tertiary/aromatic N) is 1. The first-order valence-electron chi connectivity index (χ1n) is 11.3. The first-order valence-corrected chi connectivity index (χ1v) is 11.3. The van der Waals surface area contributed by atoms with Crippen LogP contribution in [0.5, 0.6) is 11.5 Å². The SMILES string of the molecule is C1=Cc2cccc3cc4c(c(c23)C1)Oc1ccccc1N4c1ccc(-c2ccccc2)cc1. The highest BCUT2D eigenvalue weighted by molar-refractivity contribution is 6.02. The van der Waals surface area contributed by atoms with E-state index >= 15 is 0 Å². The average Bonchev–Trinajstić information content (AvgIpc) is 2.89. The van der Waals surface area contributed by atoms with Crippen molar-refractivity contribution in [1.29, 1.82) is 0 Å². The molecule has 0 bridgehead atoms. The molecule has 5 aromatic carbocycles. The molecular formula is C31H21NO. The van der Waals surface area contributed by atoms with Gasteiger partial charge in [-0.3, -0.25) is 0 Å². The molecule has 2 heteroatoms. The predicted octanol–water partition coefficient (Wildman–Crippen LogP) is 8.65. The molecule has 0 fully saturated rings. The summed E-state index contributed by atoms with van der Waals surface area (Å²) in [5.41, 5.74) is 8.24. The van der Waals surface area contributed by atoms with Gasteiger partial charge in [-0.2, -0.15) is 0 Å². The van der Waals surface area contributed by atoms with Crippen LogP contribution < -0.4 is 9.64 Å². The summed E-state index contributed by atoms with van der Waals surface area (Å²) in [6.07, 6.45) is 5.33. The zero-order valence-electron chi connectivity index (χ0n) is 18.0. The van der Waals surface area contributed by atoms with Crippen LogP contribution in [0, 0.1) is 0 Å². The molecule has 1 aliphatic carbocycles. The summed E-state index contributed by atoms with van der Waals surface area (Å²) in [4.78, 5) is 2.34. The first kappa shape index (κ1) is 18.3. The molecule has 0 saturated heterocycles. The lowest BCUT2D eigenvalue weighted by Gasteiger charge is -2.35. The number of hydrogen-bond acceptors (Lipinski definition) is 2. The van der Waals surface area contributed by atoms with Gasteiger partial charge in [0.1, 0.15) is 0 Å². The van der Waals surface area contributed by atoms with E-state index in [1.54, 1.807) is 0 Å². The molecular weight excluding hydrogens is 402 g/mol. The summed E-state index contributed by atoms with van der Waals surface area (Å²) in [5, 5.41) is 2.55. The Morgan fingerprint density at radius 2 is 1.45 bits per heavy atom. The zero-order valence-corrected chi connectivity index (χ0v) is 18.0. The van der Waals surface area contributed by atoms with Crippen LogP contribution in [0.1, 0.15) is 11.1 Å². The highest BCUT2D eigenvalue weighted by Crippen LogP contribution is 2.54. The molecule has 0 unspecified atom stereocenters. The minimum Gasteiger partial charge on any atom is -0.453 e. The van der Waals surface area contributed by atoms with Crippen molar-refractivity contribution in [1.82, 2.24) is 0 Å². The van der Waals surface area contributed by atoms with E-state index in [2.05, 4.69) is 114 Å². The largest absolute Gasteiger partial charge is 0.453 e. The van der Waals surface area contributed by atoms with Gasteiger partial charge >= 0.3 is 0 Å². The molecule has 1 aliphatic heterocycles. The standard InChI is InChI=1S/C31H21NO/c1-2-8-21(9-3-1)22-16-18-25(19-17-22)32-27-14-4-5-15-29(27)33-31-26-13-7-11-23-10-6-12-24(30(23)26)20-28(31)32/h1-12,14-20H,13H2. The summed E-state index contributed by atoms with van der Waals surface area (Å²) < 4.78 is 6.57. The molecule has 1 heterocycles. The van der Waals surface area contributed by atoms with Crippen molar-refractivity contribution in [3.8, 4) is 22.6 Å². The van der Waals surface area contributed by atoms with Crippen LogP contribution in [-0.2, 0) is 6.42 Å². The maximum Gasteiger partial charge on any atom is 0.155 e. The van der Waals surface area contributed by atoms with Crippen molar-refractivity contribution in [3.05, 3.63) is 120 Å². The quantitative estimate of drug-likeness (QED) is 0.276. The number of rotatable bonds is 2. The van der Waals surface area contributed by atoms with Gasteiger partial charge in [-0.1, -0.05) is 84.9 Å². The topological polar surface area (TPSA) is 12.5 Å². The van der Waals surface area contributed by atoms with Crippen molar-refractivity contribution < 1.29 is 4.74 Å². The van der Waals surface area contributed by atoms with E-state index in [0.29, 0.717) is 0 Å². The Morgan fingerprint density at radius 1 is 0.667 bits per heavy atom. The summed E-state index contributed by atoms with van der Waals surface area (Å²) in [5.74, 6) is 1.85. The highest BCUT2D eigenvalue weighted by atomic mass is 16.5. The lowest BCUT2D eigenvalue weighted by atomic mass is 9.90. The van der Waals surface area contributed by atoms with Crippen LogP contribution in [0.15, 0.2) is 109 Å². The molecule has 0 radical (unpaired) electrons. The van der Waals surface area contributed by atoms with E-state index in [1.165, 1.54) is 33.0 Å². The summed E-state index contributed by atoms with van der Waals surface area (Å²) >= 11 is 0. The molecule has 33 heavy (non-hydrogen) atoms. The van der Waals surface area contributed by atoms with E-state index < -0.39 is 0 Å². The molecule has 156 valence electrons. The fraction of sp³-hybridized carbons (Fsp3) is 0.0323. The van der Waals surface area contributed by atoms with Crippen molar-refractivity contribution in [2.45, 2.75) is 6.42 Å². The third-order valence-electron chi connectivity index (χ3n) is 6.64. The Hall–Kier alpha value is -4.30. The number of hydrogen-bond donors (Lipinski definition) is 0. The number of ether oxygens (including phenoxy) is 1. The molecule has 7 rings (SSSR count). The van der Waals surface area contributed by atoms with E-state index in [1.807, 2.05) is 6.07 Å². The van der Waals surface area contributed by atoms with E-state index in [-0.39, 0.29) is 0 Å². The number of benzene rings is 5. The molecule has 0 spiro atoms. The van der Waals surface area contributed by atoms with E-state index in [0.717, 1.165) is 35.0 Å². The molecule has 0 N–H and O–H groups in total. The Bertz CT molecular complexity index is 1550. The molecule has 0 saturated carbocycles. The highest BCUT2D eigenvalue weighted by Gasteiger charge is 2.29. The van der Waals surface area contributed by atoms with E-state index in [4.69, 9.17) is 4.74 Å². The van der Waals surface area contributed by atoms with Crippen molar-refractivity contribution >= 4 is 33.9 Å². The number of fused-ring (bicyclic) bond motifs is 3. The lowest BCUT2D eigenvalue weighted by Crippen LogP contribution is -2.17. The van der Waals surface area contributed by atoms with Crippen LogP contribution in [0.2, 0.25) is 0 Å². The summed E-state index contributed by atoms with van der Waals surface area (Å²) in [7, 11) is 0. The lowest BCUT2D eigenvalue weighted by molar-refractivity contribution is 0.473. The van der Waals surface area contributed by atoms with Crippen molar-refractivity contribution in [3.63, 3.8) is 0 Å². The van der Waals surface area contributed by atoms with Gasteiger partial charge in [-0.15, -0.1) is 0 Å². The molecule has 0 atom stereocenters. The number of allylic oxidation sites excluding steroid dienone is 1. The van der Waals surface area contributed by atoms with Gasteiger partial charge in [0.2, 0.25) is 0 Å². The number of para-hydroxylation sites is 2.